The van der Waals surface area contributed by atoms with Crippen molar-refractivity contribution in [3.8, 4) is 0 Å². The first-order valence-electron chi connectivity index (χ1n) is 8.47. The van der Waals surface area contributed by atoms with Gasteiger partial charge in [0, 0.05) is 43.8 Å². The van der Waals surface area contributed by atoms with Crippen molar-refractivity contribution in [2.45, 2.75) is 13.8 Å². The number of anilines is 2. The third kappa shape index (κ3) is 3.74. The van der Waals surface area contributed by atoms with E-state index in [1.165, 1.54) is 0 Å². The number of likely N-dealkylation sites (N-methyl/N-ethyl adjacent to an activating group) is 1. The van der Waals surface area contributed by atoms with E-state index in [9.17, 15) is 4.79 Å². The van der Waals surface area contributed by atoms with Crippen molar-refractivity contribution in [2.75, 3.05) is 38.0 Å². The van der Waals surface area contributed by atoms with Gasteiger partial charge < -0.3 is 15.1 Å². The summed E-state index contributed by atoms with van der Waals surface area (Å²) in [6, 6.07) is 11.8. The molecule has 5 nitrogen and oxygen atoms in total. The van der Waals surface area contributed by atoms with Gasteiger partial charge in [0.2, 0.25) is 0 Å². The minimum Gasteiger partial charge on any atom is -0.355 e. The molecule has 1 saturated heterocycles. The zero-order chi connectivity index (χ0) is 16.9. The van der Waals surface area contributed by atoms with Crippen LogP contribution in [0.25, 0.3) is 0 Å². The number of benzene rings is 1. The van der Waals surface area contributed by atoms with Gasteiger partial charge in [0.05, 0.1) is 0 Å². The molecule has 1 N–H and O–H groups in total. The Morgan fingerprint density at radius 2 is 1.92 bits per heavy atom. The zero-order valence-electron chi connectivity index (χ0n) is 14.3. The summed E-state index contributed by atoms with van der Waals surface area (Å²) in [7, 11) is 0. The third-order valence-electron chi connectivity index (χ3n) is 4.51. The molecule has 1 fully saturated rings. The first-order valence-corrected chi connectivity index (χ1v) is 8.47. The quantitative estimate of drug-likeness (QED) is 0.939. The molecule has 24 heavy (non-hydrogen) atoms. The van der Waals surface area contributed by atoms with Crippen molar-refractivity contribution in [2.24, 2.45) is 0 Å². The van der Waals surface area contributed by atoms with Crippen LogP contribution in [0.15, 0.2) is 42.6 Å². The molecule has 0 saturated carbocycles. The number of nitrogens with zero attached hydrogens (tertiary/aromatic N) is 3. The average Bonchev–Trinajstić information content (AvgIpc) is 2.63. The number of hydrogen-bond acceptors (Lipinski definition) is 4. The van der Waals surface area contributed by atoms with Crippen molar-refractivity contribution in [3.05, 3.63) is 53.9 Å². The molecule has 1 aromatic carbocycles. The summed E-state index contributed by atoms with van der Waals surface area (Å²) in [6.45, 7) is 8.65. The number of carbonyl (C=O) groups is 1. The molecular weight excluding hydrogens is 300 g/mol. The lowest BCUT2D eigenvalue weighted by atomic mass is 10.2. The maximum atomic E-state index is 12.7. The highest BCUT2D eigenvalue weighted by molar-refractivity contribution is 5.93. The van der Waals surface area contributed by atoms with Crippen LogP contribution in [0.1, 0.15) is 23.0 Å². The lowest BCUT2D eigenvalue weighted by molar-refractivity contribution is 0.0637. The third-order valence-corrected chi connectivity index (χ3v) is 4.51. The fraction of sp³-hybridized carbons (Fsp3) is 0.368. The lowest BCUT2D eigenvalue weighted by Crippen LogP contribution is -2.48. The van der Waals surface area contributed by atoms with E-state index >= 15 is 0 Å². The van der Waals surface area contributed by atoms with Crippen LogP contribution in [0.3, 0.4) is 0 Å². The molecule has 0 atom stereocenters. The van der Waals surface area contributed by atoms with Gasteiger partial charge in [-0.2, -0.15) is 0 Å². The van der Waals surface area contributed by atoms with E-state index < -0.39 is 0 Å². The van der Waals surface area contributed by atoms with Crippen LogP contribution < -0.4 is 5.32 Å². The number of piperazine rings is 1. The van der Waals surface area contributed by atoms with Crippen LogP contribution in [0, 0.1) is 6.92 Å². The van der Waals surface area contributed by atoms with Crippen LogP contribution in [0.5, 0.6) is 0 Å². The summed E-state index contributed by atoms with van der Waals surface area (Å²) in [5.41, 5.74) is 3.59. The average molecular weight is 324 g/mol. The second-order valence-electron chi connectivity index (χ2n) is 6.10. The van der Waals surface area contributed by atoms with E-state index in [4.69, 9.17) is 0 Å². The molecule has 1 aromatic heterocycles. The predicted octanol–water partition coefficient (Wildman–Crippen LogP) is 2.91. The van der Waals surface area contributed by atoms with Crippen molar-refractivity contribution >= 4 is 17.3 Å². The van der Waals surface area contributed by atoms with Gasteiger partial charge >= 0.3 is 0 Å². The number of aromatic nitrogens is 1. The highest BCUT2D eigenvalue weighted by Gasteiger charge is 2.22. The summed E-state index contributed by atoms with van der Waals surface area (Å²) < 4.78 is 0. The van der Waals surface area contributed by atoms with Crippen molar-refractivity contribution in [1.29, 1.82) is 0 Å². The minimum absolute atomic E-state index is 0.0131. The number of hydrogen-bond donors (Lipinski definition) is 1. The Morgan fingerprint density at radius 3 is 2.62 bits per heavy atom. The molecular formula is C19H24N4O. The Balaban J connectivity index is 1.71. The molecule has 126 valence electrons. The molecule has 5 heteroatoms. The Labute approximate surface area is 143 Å². The van der Waals surface area contributed by atoms with E-state index in [-0.39, 0.29) is 5.91 Å². The Bertz CT molecular complexity index is 708. The van der Waals surface area contributed by atoms with Gasteiger partial charge in [-0.25, -0.2) is 0 Å². The van der Waals surface area contributed by atoms with Gasteiger partial charge in [0.25, 0.3) is 5.91 Å². The van der Waals surface area contributed by atoms with Gasteiger partial charge in [-0.05, 0) is 37.2 Å². The van der Waals surface area contributed by atoms with Crippen LogP contribution >= 0.6 is 0 Å². The van der Waals surface area contributed by atoms with E-state index in [1.807, 2.05) is 35.2 Å². The van der Waals surface area contributed by atoms with E-state index in [2.05, 4.69) is 35.1 Å². The topological polar surface area (TPSA) is 48.5 Å². The van der Waals surface area contributed by atoms with Crippen LogP contribution in [-0.4, -0.2) is 53.4 Å². The smallest absolute Gasteiger partial charge is 0.272 e. The molecule has 1 aliphatic rings. The molecule has 2 heterocycles. The molecule has 0 spiro atoms. The number of carbonyl (C=O) groups excluding carboxylic acids is 1. The van der Waals surface area contributed by atoms with Crippen molar-refractivity contribution in [1.82, 2.24) is 14.8 Å². The lowest BCUT2D eigenvalue weighted by Gasteiger charge is -2.33. The summed E-state index contributed by atoms with van der Waals surface area (Å²) >= 11 is 0. The highest BCUT2D eigenvalue weighted by atomic mass is 16.2. The predicted molar refractivity (Wildman–Crippen MR) is 96.7 cm³/mol. The first kappa shape index (κ1) is 16.5. The van der Waals surface area contributed by atoms with Crippen LogP contribution in [0.2, 0.25) is 0 Å². The van der Waals surface area contributed by atoms with Crippen LogP contribution in [0.4, 0.5) is 11.4 Å². The molecule has 0 unspecified atom stereocenters. The normalized spacial score (nSPS) is 15.3. The van der Waals surface area contributed by atoms with Gasteiger partial charge in [0.1, 0.15) is 5.69 Å². The van der Waals surface area contributed by atoms with Gasteiger partial charge in [-0.1, -0.05) is 25.1 Å². The SMILES string of the molecule is CCN1CCN(C(=O)c2cc(Nc3ccccc3C)ccn2)CC1. The molecule has 0 aliphatic carbocycles. The van der Waals surface area contributed by atoms with Gasteiger partial charge in [-0.3, -0.25) is 9.78 Å². The summed E-state index contributed by atoms with van der Waals surface area (Å²) in [5.74, 6) is 0.0131. The Morgan fingerprint density at radius 1 is 1.17 bits per heavy atom. The zero-order valence-corrected chi connectivity index (χ0v) is 14.3. The largest absolute Gasteiger partial charge is 0.355 e. The highest BCUT2D eigenvalue weighted by Crippen LogP contribution is 2.20. The summed E-state index contributed by atoms with van der Waals surface area (Å²) in [6.07, 6.45) is 1.69. The standard InChI is InChI=1S/C19H24N4O/c1-3-22-10-12-23(13-11-22)19(24)18-14-16(8-9-20-18)21-17-7-5-4-6-15(17)2/h4-9,14H,3,10-13H2,1-2H3,(H,20,21). The molecule has 0 radical (unpaired) electrons. The molecule has 3 rings (SSSR count). The van der Waals surface area contributed by atoms with E-state index in [1.54, 1.807) is 6.20 Å². The molecule has 1 amide bonds. The maximum absolute atomic E-state index is 12.7. The molecule has 1 aliphatic heterocycles. The summed E-state index contributed by atoms with van der Waals surface area (Å²) in [5, 5.41) is 3.37. The Hall–Kier alpha value is -2.40. The first-order chi connectivity index (χ1) is 11.7. The monoisotopic (exact) mass is 324 g/mol. The fourth-order valence-corrected chi connectivity index (χ4v) is 2.92. The van der Waals surface area contributed by atoms with Gasteiger partial charge in [-0.15, -0.1) is 0 Å². The maximum Gasteiger partial charge on any atom is 0.272 e. The summed E-state index contributed by atoms with van der Waals surface area (Å²) in [4.78, 5) is 21.2. The molecule has 2 aromatic rings. The van der Waals surface area contributed by atoms with E-state index in [0.717, 1.165) is 49.7 Å². The number of rotatable bonds is 4. The number of aryl methyl sites for hydroxylation is 1. The minimum atomic E-state index is 0.0131. The Kier molecular flexibility index (Phi) is 5.11. The van der Waals surface area contributed by atoms with Crippen molar-refractivity contribution < 1.29 is 4.79 Å². The number of pyridine rings is 1. The molecule has 0 bridgehead atoms. The second-order valence-corrected chi connectivity index (χ2v) is 6.10. The number of amides is 1. The number of para-hydroxylation sites is 1. The fourth-order valence-electron chi connectivity index (χ4n) is 2.92. The van der Waals surface area contributed by atoms with Crippen LogP contribution in [-0.2, 0) is 0 Å². The van der Waals surface area contributed by atoms with Crippen molar-refractivity contribution in [3.63, 3.8) is 0 Å². The van der Waals surface area contributed by atoms with E-state index in [0.29, 0.717) is 5.69 Å². The second kappa shape index (κ2) is 7.45. The van der Waals surface area contributed by atoms with Gasteiger partial charge in [0.15, 0.2) is 0 Å². The number of nitrogens with one attached hydrogen (secondary N) is 1.